The van der Waals surface area contributed by atoms with E-state index in [-0.39, 0.29) is 0 Å². The Hall–Kier alpha value is -0.190. The van der Waals surface area contributed by atoms with Crippen molar-refractivity contribution >= 4 is 27.0 Å². The Morgan fingerprint density at radius 1 is 1.33 bits per heavy atom. The van der Waals surface area contributed by atoms with Crippen LogP contribution in [-0.4, -0.2) is 8.76 Å². The third kappa shape index (κ3) is 1.94. The second kappa shape index (κ2) is 3.68. The van der Waals surface area contributed by atoms with Gasteiger partial charge >= 0.3 is 0 Å². The topological polar surface area (TPSA) is 40.1 Å². The molecule has 0 fully saturated rings. The first-order valence-electron chi connectivity index (χ1n) is 3.38. The van der Waals surface area contributed by atoms with E-state index in [1.54, 1.807) is 12.1 Å². The van der Waals surface area contributed by atoms with Gasteiger partial charge in [0.2, 0.25) is 0 Å². The normalized spacial score (nSPS) is 13.0. The van der Waals surface area contributed by atoms with Crippen molar-refractivity contribution in [3.05, 3.63) is 27.7 Å². The Bertz CT molecular complexity index is 313. The lowest BCUT2D eigenvalue weighted by Gasteiger charge is -2.09. The molecule has 1 atom stereocenters. The number of aryl methyl sites for hydroxylation is 2. The number of hydrogen-bond acceptors (Lipinski definition) is 2. The minimum absolute atomic E-state index is 0.341. The molecule has 0 aromatic heterocycles. The third-order valence-electron chi connectivity index (χ3n) is 1.60. The Kier molecular flexibility index (Phi) is 3.04. The maximum atomic E-state index is 10.6. The lowest BCUT2D eigenvalue weighted by atomic mass is 10.2. The maximum absolute atomic E-state index is 10.6. The highest BCUT2D eigenvalue weighted by atomic mass is 79.9. The zero-order valence-electron chi connectivity index (χ0n) is 6.76. The quantitative estimate of drug-likeness (QED) is 0.715. The SMILES string of the molecule is Cc1cc(S(=O)[O-])cc(C)c1Br. The second-order valence-electron chi connectivity index (χ2n) is 2.61. The van der Waals surface area contributed by atoms with Crippen LogP contribution in [-0.2, 0) is 11.1 Å². The lowest BCUT2D eigenvalue weighted by molar-refractivity contribution is 0.537. The molecule has 0 radical (unpaired) electrons. The highest BCUT2D eigenvalue weighted by molar-refractivity contribution is 9.10. The minimum atomic E-state index is -2.13. The molecule has 0 spiro atoms. The molecule has 0 aliphatic heterocycles. The van der Waals surface area contributed by atoms with Gasteiger partial charge in [0, 0.05) is 9.37 Å². The number of halogens is 1. The summed E-state index contributed by atoms with van der Waals surface area (Å²) in [6, 6.07) is 3.28. The standard InChI is InChI=1S/C8H9BrO2S/c1-5-3-7(12(10)11)4-6(2)8(5)9/h3-4H,1-2H3,(H,10,11)/p-1. The molecule has 1 aromatic rings. The first kappa shape index (κ1) is 9.89. The van der Waals surface area contributed by atoms with E-state index in [0.29, 0.717) is 4.90 Å². The molecule has 0 N–H and O–H groups in total. The predicted molar refractivity (Wildman–Crippen MR) is 50.8 cm³/mol. The molecule has 2 nitrogen and oxygen atoms in total. The van der Waals surface area contributed by atoms with Gasteiger partial charge in [0.1, 0.15) is 0 Å². The van der Waals surface area contributed by atoms with E-state index < -0.39 is 11.1 Å². The van der Waals surface area contributed by atoms with E-state index in [1.807, 2.05) is 13.8 Å². The van der Waals surface area contributed by atoms with Crippen molar-refractivity contribution in [2.24, 2.45) is 0 Å². The summed E-state index contributed by atoms with van der Waals surface area (Å²) in [5.41, 5.74) is 1.88. The summed E-state index contributed by atoms with van der Waals surface area (Å²) in [6.07, 6.45) is 0. The van der Waals surface area contributed by atoms with E-state index in [0.717, 1.165) is 15.6 Å². The third-order valence-corrected chi connectivity index (χ3v) is 3.47. The molecule has 66 valence electrons. The van der Waals surface area contributed by atoms with Crippen molar-refractivity contribution in [3.8, 4) is 0 Å². The van der Waals surface area contributed by atoms with Gasteiger partial charge < -0.3 is 4.55 Å². The zero-order valence-corrected chi connectivity index (χ0v) is 9.16. The fraction of sp³-hybridized carbons (Fsp3) is 0.250. The lowest BCUT2D eigenvalue weighted by Crippen LogP contribution is -1.92. The molecular formula is C8H8BrO2S-. The largest absolute Gasteiger partial charge is 0.768 e. The Labute approximate surface area is 82.4 Å². The van der Waals surface area contributed by atoms with Gasteiger partial charge in [-0.1, -0.05) is 15.9 Å². The van der Waals surface area contributed by atoms with Crippen LogP contribution in [0.3, 0.4) is 0 Å². The molecule has 0 aliphatic rings. The van der Waals surface area contributed by atoms with E-state index >= 15 is 0 Å². The Morgan fingerprint density at radius 2 is 1.75 bits per heavy atom. The summed E-state index contributed by atoms with van der Waals surface area (Å²) in [5, 5.41) is 0. The Morgan fingerprint density at radius 3 is 2.08 bits per heavy atom. The molecule has 4 heteroatoms. The van der Waals surface area contributed by atoms with Gasteiger partial charge in [-0.2, -0.15) is 0 Å². The fourth-order valence-corrected chi connectivity index (χ4v) is 1.78. The summed E-state index contributed by atoms with van der Waals surface area (Å²) in [4.78, 5) is 0.341. The van der Waals surface area contributed by atoms with Gasteiger partial charge in [0.05, 0.1) is 0 Å². The fourth-order valence-electron chi connectivity index (χ4n) is 1.00. The van der Waals surface area contributed by atoms with Gasteiger partial charge in [-0.25, -0.2) is 0 Å². The van der Waals surface area contributed by atoms with Crippen molar-refractivity contribution in [2.75, 3.05) is 0 Å². The van der Waals surface area contributed by atoms with E-state index in [2.05, 4.69) is 15.9 Å². The molecule has 12 heavy (non-hydrogen) atoms. The Balaban J connectivity index is 3.31. The first-order valence-corrected chi connectivity index (χ1v) is 5.25. The molecule has 1 aromatic carbocycles. The molecule has 1 unspecified atom stereocenters. The number of rotatable bonds is 1. The van der Waals surface area contributed by atoms with Crippen molar-refractivity contribution < 1.29 is 8.76 Å². The van der Waals surface area contributed by atoms with E-state index in [9.17, 15) is 8.76 Å². The van der Waals surface area contributed by atoms with Crippen LogP contribution >= 0.6 is 15.9 Å². The molecule has 0 bridgehead atoms. The predicted octanol–water partition coefficient (Wildman–Crippen LogP) is 2.30. The molecule has 0 aliphatic carbocycles. The van der Waals surface area contributed by atoms with Gasteiger partial charge in [-0.05, 0) is 48.2 Å². The van der Waals surface area contributed by atoms with Crippen LogP contribution in [0.25, 0.3) is 0 Å². The van der Waals surface area contributed by atoms with Gasteiger partial charge in [-0.3, -0.25) is 4.21 Å². The first-order chi connectivity index (χ1) is 5.52. The van der Waals surface area contributed by atoms with Crippen LogP contribution in [0.2, 0.25) is 0 Å². The van der Waals surface area contributed by atoms with E-state index in [1.165, 1.54) is 0 Å². The molecule has 0 amide bonds. The van der Waals surface area contributed by atoms with Gasteiger partial charge in [0.15, 0.2) is 0 Å². The van der Waals surface area contributed by atoms with Crippen LogP contribution in [0.1, 0.15) is 11.1 Å². The van der Waals surface area contributed by atoms with Crippen LogP contribution < -0.4 is 0 Å². The minimum Gasteiger partial charge on any atom is -0.768 e. The van der Waals surface area contributed by atoms with Crippen LogP contribution in [0.15, 0.2) is 21.5 Å². The van der Waals surface area contributed by atoms with Crippen molar-refractivity contribution in [3.63, 3.8) is 0 Å². The average molecular weight is 248 g/mol. The summed E-state index contributed by atoms with van der Waals surface area (Å²) in [6.45, 7) is 3.74. The molecule has 0 heterocycles. The summed E-state index contributed by atoms with van der Waals surface area (Å²) in [7, 11) is 0. The van der Waals surface area contributed by atoms with Gasteiger partial charge in [-0.15, -0.1) is 0 Å². The van der Waals surface area contributed by atoms with E-state index in [4.69, 9.17) is 0 Å². The van der Waals surface area contributed by atoms with Gasteiger partial charge in [0.25, 0.3) is 0 Å². The van der Waals surface area contributed by atoms with Crippen molar-refractivity contribution in [1.29, 1.82) is 0 Å². The smallest absolute Gasteiger partial charge is 0.0254 e. The molecular weight excluding hydrogens is 240 g/mol. The molecule has 0 saturated carbocycles. The summed E-state index contributed by atoms with van der Waals surface area (Å²) >= 11 is 1.23. The average Bonchev–Trinajstić information content (AvgIpc) is 1.99. The summed E-state index contributed by atoms with van der Waals surface area (Å²) in [5.74, 6) is 0. The van der Waals surface area contributed by atoms with Crippen LogP contribution in [0.5, 0.6) is 0 Å². The zero-order chi connectivity index (χ0) is 9.30. The van der Waals surface area contributed by atoms with Crippen LogP contribution in [0, 0.1) is 13.8 Å². The van der Waals surface area contributed by atoms with Crippen molar-refractivity contribution in [1.82, 2.24) is 0 Å². The maximum Gasteiger partial charge on any atom is 0.0254 e. The second-order valence-corrected chi connectivity index (χ2v) is 4.34. The molecule has 1 rings (SSSR count). The van der Waals surface area contributed by atoms with Crippen molar-refractivity contribution in [2.45, 2.75) is 18.7 Å². The van der Waals surface area contributed by atoms with Crippen LogP contribution in [0.4, 0.5) is 0 Å². The number of hydrogen-bond donors (Lipinski definition) is 0. The monoisotopic (exact) mass is 247 g/mol. The summed E-state index contributed by atoms with van der Waals surface area (Å²) < 4.78 is 22.2. The highest BCUT2D eigenvalue weighted by Gasteiger charge is 2.01. The number of benzene rings is 1. The highest BCUT2D eigenvalue weighted by Crippen LogP contribution is 2.23. The molecule has 0 saturated heterocycles.